The minimum Gasteiger partial charge on any atom is -0.348 e. The number of imide groups is 1. The molecule has 7 heteroatoms. The Morgan fingerprint density at radius 2 is 1.82 bits per heavy atom. The van der Waals surface area contributed by atoms with Gasteiger partial charge in [0.2, 0.25) is 17.7 Å². The Morgan fingerprint density at radius 1 is 1.06 bits per heavy atom. The fourth-order valence-electron chi connectivity index (χ4n) is 6.32. The second kappa shape index (κ2) is 9.01. The van der Waals surface area contributed by atoms with E-state index < -0.39 is 17.1 Å². The van der Waals surface area contributed by atoms with E-state index in [0.29, 0.717) is 13.1 Å². The highest BCUT2D eigenvalue weighted by atomic mass is 19.1. The predicted octanol–water partition coefficient (Wildman–Crippen LogP) is 4.34. The third-order valence-corrected chi connectivity index (χ3v) is 8.00. The molecular weight excluding hydrogens is 433 g/mol. The van der Waals surface area contributed by atoms with Crippen LogP contribution >= 0.6 is 0 Å². The highest BCUT2D eigenvalue weighted by Crippen LogP contribution is 2.44. The summed E-state index contributed by atoms with van der Waals surface area (Å²) in [6.07, 6.45) is 7.00. The number of fused-ring (bicyclic) bond motifs is 1. The lowest BCUT2D eigenvalue weighted by atomic mass is 9.75. The van der Waals surface area contributed by atoms with Gasteiger partial charge in [0, 0.05) is 49.4 Å². The number of rotatable bonds is 5. The molecule has 5 rings (SSSR count). The van der Waals surface area contributed by atoms with Gasteiger partial charge in [-0.05, 0) is 37.5 Å². The first-order valence-corrected chi connectivity index (χ1v) is 12.5. The summed E-state index contributed by atoms with van der Waals surface area (Å²) in [6.45, 7) is 3.24. The first kappa shape index (κ1) is 22.8. The zero-order chi connectivity index (χ0) is 23.9. The Hall–Kier alpha value is -2.96. The maximum atomic E-state index is 15.1. The Bertz CT molecular complexity index is 1110. The number of nitrogens with zero attached hydrogens (tertiary/aromatic N) is 3. The Morgan fingerprint density at radius 3 is 2.56 bits per heavy atom. The van der Waals surface area contributed by atoms with Crippen LogP contribution in [0.25, 0.3) is 0 Å². The van der Waals surface area contributed by atoms with Gasteiger partial charge in [-0.25, -0.2) is 4.39 Å². The number of likely N-dealkylation sites (tertiary alicyclic amines) is 1. The fraction of sp³-hybridized carbons (Fsp3) is 0.519. The fourth-order valence-corrected chi connectivity index (χ4v) is 6.32. The minimum atomic E-state index is -1.49. The van der Waals surface area contributed by atoms with Gasteiger partial charge in [0.15, 0.2) is 0 Å². The van der Waals surface area contributed by atoms with Crippen LogP contribution in [-0.4, -0.2) is 44.7 Å². The van der Waals surface area contributed by atoms with Gasteiger partial charge in [-0.3, -0.25) is 19.3 Å². The third-order valence-electron chi connectivity index (χ3n) is 8.00. The number of amides is 3. The molecule has 1 saturated heterocycles. The standard InChI is InChI=1S/C27H32FN3O3/c1-2-22-23-13-8-14-29(23)15-16-30(22)24(32)17-27(20-11-6-7-12-21(20)28)18-25(33)31(26(27)34)19-9-4-3-5-10-19/h6-8,11-14,19,22H,2-5,9-10,15-18H2,1H3/t22-,27-/m0/s1. The molecule has 34 heavy (non-hydrogen) atoms. The summed E-state index contributed by atoms with van der Waals surface area (Å²) in [7, 11) is 0. The lowest BCUT2D eigenvalue weighted by Gasteiger charge is -2.39. The van der Waals surface area contributed by atoms with Crippen molar-refractivity contribution in [1.29, 1.82) is 0 Å². The van der Waals surface area contributed by atoms with Crippen molar-refractivity contribution in [2.24, 2.45) is 0 Å². The number of benzene rings is 1. The van der Waals surface area contributed by atoms with E-state index in [1.807, 2.05) is 30.2 Å². The summed E-state index contributed by atoms with van der Waals surface area (Å²) in [5.74, 6) is -1.43. The van der Waals surface area contributed by atoms with Crippen LogP contribution in [0.2, 0.25) is 0 Å². The van der Waals surface area contributed by atoms with Crippen LogP contribution in [0.4, 0.5) is 4.39 Å². The first-order valence-electron chi connectivity index (χ1n) is 12.5. The van der Waals surface area contributed by atoms with Crippen LogP contribution in [0.15, 0.2) is 42.6 Å². The van der Waals surface area contributed by atoms with Crippen molar-refractivity contribution in [2.45, 2.75) is 82.3 Å². The van der Waals surface area contributed by atoms with Gasteiger partial charge in [-0.15, -0.1) is 0 Å². The van der Waals surface area contributed by atoms with Gasteiger partial charge >= 0.3 is 0 Å². The van der Waals surface area contributed by atoms with Crippen LogP contribution in [0.5, 0.6) is 0 Å². The normalized spacial score (nSPS) is 25.6. The van der Waals surface area contributed by atoms with Gasteiger partial charge in [0.25, 0.3) is 0 Å². The molecule has 0 N–H and O–H groups in total. The molecule has 2 atom stereocenters. The molecule has 1 aromatic carbocycles. The van der Waals surface area contributed by atoms with Crippen LogP contribution in [0, 0.1) is 5.82 Å². The van der Waals surface area contributed by atoms with Crippen LogP contribution < -0.4 is 0 Å². The van der Waals surface area contributed by atoms with Crippen LogP contribution in [0.1, 0.15) is 75.6 Å². The predicted molar refractivity (Wildman–Crippen MR) is 125 cm³/mol. The summed E-state index contributed by atoms with van der Waals surface area (Å²) in [4.78, 5) is 44.2. The lowest BCUT2D eigenvalue weighted by Crippen LogP contribution is -2.49. The molecular formula is C27H32FN3O3. The van der Waals surface area contributed by atoms with Crippen molar-refractivity contribution in [3.05, 3.63) is 59.7 Å². The topological polar surface area (TPSA) is 62.6 Å². The van der Waals surface area contributed by atoms with Crippen molar-refractivity contribution in [2.75, 3.05) is 6.54 Å². The van der Waals surface area contributed by atoms with E-state index in [-0.39, 0.29) is 42.3 Å². The van der Waals surface area contributed by atoms with Crippen molar-refractivity contribution in [3.8, 4) is 0 Å². The first-order chi connectivity index (χ1) is 16.5. The second-order valence-corrected chi connectivity index (χ2v) is 9.91. The second-order valence-electron chi connectivity index (χ2n) is 9.91. The molecule has 2 aromatic rings. The minimum absolute atomic E-state index is 0.101. The van der Waals surface area contributed by atoms with E-state index in [1.54, 1.807) is 18.2 Å². The molecule has 2 aliphatic heterocycles. The molecule has 3 amide bonds. The molecule has 1 aliphatic carbocycles. The molecule has 1 aromatic heterocycles. The van der Waals surface area contributed by atoms with E-state index in [0.717, 1.165) is 44.2 Å². The maximum absolute atomic E-state index is 15.1. The van der Waals surface area contributed by atoms with Crippen molar-refractivity contribution in [1.82, 2.24) is 14.4 Å². The van der Waals surface area contributed by atoms with Gasteiger partial charge in [0.05, 0.1) is 11.5 Å². The molecule has 2 fully saturated rings. The average molecular weight is 466 g/mol. The van der Waals surface area contributed by atoms with Gasteiger partial charge in [-0.1, -0.05) is 44.4 Å². The number of aromatic nitrogens is 1. The quantitative estimate of drug-likeness (QED) is 0.617. The molecule has 6 nitrogen and oxygen atoms in total. The Balaban J connectivity index is 1.50. The molecule has 180 valence electrons. The lowest BCUT2D eigenvalue weighted by molar-refractivity contribution is -0.146. The molecule has 1 saturated carbocycles. The number of carbonyl (C=O) groups excluding carboxylic acids is 3. The molecule has 0 radical (unpaired) electrons. The summed E-state index contributed by atoms with van der Waals surface area (Å²) >= 11 is 0. The van der Waals surface area contributed by atoms with Crippen LogP contribution in [-0.2, 0) is 26.3 Å². The van der Waals surface area contributed by atoms with Gasteiger partial charge in [0.1, 0.15) is 5.82 Å². The van der Waals surface area contributed by atoms with E-state index in [4.69, 9.17) is 0 Å². The van der Waals surface area contributed by atoms with Crippen molar-refractivity contribution in [3.63, 3.8) is 0 Å². The Kier molecular flexibility index (Phi) is 6.04. The highest BCUT2D eigenvalue weighted by molar-refractivity contribution is 6.11. The van der Waals surface area contributed by atoms with E-state index >= 15 is 4.39 Å². The largest absolute Gasteiger partial charge is 0.348 e. The van der Waals surface area contributed by atoms with Crippen molar-refractivity contribution < 1.29 is 18.8 Å². The smallest absolute Gasteiger partial charge is 0.241 e. The SMILES string of the molecule is CC[C@H]1c2cccn2CCN1C(=O)C[C@@]1(c2ccccc2F)CC(=O)N(C2CCCCC2)C1=O. The molecule has 3 aliphatic rings. The maximum Gasteiger partial charge on any atom is 0.241 e. The van der Waals surface area contributed by atoms with E-state index in [2.05, 4.69) is 4.57 Å². The summed E-state index contributed by atoms with van der Waals surface area (Å²) < 4.78 is 17.3. The monoisotopic (exact) mass is 465 g/mol. The zero-order valence-corrected chi connectivity index (χ0v) is 19.7. The highest BCUT2D eigenvalue weighted by Gasteiger charge is 2.57. The number of hydrogen-bond donors (Lipinski definition) is 0. The van der Waals surface area contributed by atoms with Gasteiger partial charge < -0.3 is 9.47 Å². The van der Waals surface area contributed by atoms with Gasteiger partial charge in [-0.2, -0.15) is 0 Å². The third kappa shape index (κ3) is 3.65. The Labute approximate surface area is 199 Å². The van der Waals surface area contributed by atoms with Crippen molar-refractivity contribution >= 4 is 17.7 Å². The molecule has 0 spiro atoms. The summed E-state index contributed by atoms with van der Waals surface area (Å²) in [6, 6.07) is 9.87. The summed E-state index contributed by atoms with van der Waals surface area (Å²) in [5.41, 5.74) is -0.262. The van der Waals surface area contributed by atoms with Crippen LogP contribution in [0.3, 0.4) is 0 Å². The molecule has 0 bridgehead atoms. The molecule has 0 unspecified atom stereocenters. The summed E-state index contributed by atoms with van der Waals surface area (Å²) in [5, 5.41) is 0. The number of halogens is 1. The van der Waals surface area contributed by atoms with E-state index in [1.165, 1.54) is 11.0 Å². The number of carbonyl (C=O) groups is 3. The molecule has 3 heterocycles. The average Bonchev–Trinajstić information content (AvgIpc) is 3.41. The van der Waals surface area contributed by atoms with E-state index in [9.17, 15) is 14.4 Å². The number of hydrogen-bond acceptors (Lipinski definition) is 3. The zero-order valence-electron chi connectivity index (χ0n) is 19.7.